The molecule has 0 spiro atoms. The van der Waals surface area contributed by atoms with Crippen molar-refractivity contribution in [3.63, 3.8) is 0 Å². The van der Waals surface area contributed by atoms with Gasteiger partial charge >= 0.3 is 0 Å². The SMILES string of the molecule is Nc1ccc(OCC(=O)NCC2CC3CCC2C3)cc1. The molecule has 2 aliphatic carbocycles. The quantitative estimate of drug-likeness (QED) is 0.809. The Bertz CT molecular complexity index is 472. The van der Waals surface area contributed by atoms with E-state index in [2.05, 4.69) is 5.32 Å². The Balaban J connectivity index is 1.38. The Morgan fingerprint density at radius 2 is 2.05 bits per heavy atom. The summed E-state index contributed by atoms with van der Waals surface area (Å²) < 4.78 is 5.43. The predicted octanol–water partition coefficient (Wildman–Crippen LogP) is 2.20. The molecule has 0 aromatic heterocycles. The smallest absolute Gasteiger partial charge is 0.257 e. The van der Waals surface area contributed by atoms with E-state index in [1.54, 1.807) is 24.3 Å². The molecule has 3 N–H and O–H groups in total. The third kappa shape index (κ3) is 3.06. The van der Waals surface area contributed by atoms with E-state index >= 15 is 0 Å². The van der Waals surface area contributed by atoms with Crippen LogP contribution in [0.4, 0.5) is 5.69 Å². The van der Waals surface area contributed by atoms with Crippen LogP contribution in [0, 0.1) is 17.8 Å². The van der Waals surface area contributed by atoms with Crippen LogP contribution in [0.15, 0.2) is 24.3 Å². The number of ether oxygens (including phenoxy) is 1. The molecule has 1 aromatic carbocycles. The van der Waals surface area contributed by atoms with Crippen LogP contribution >= 0.6 is 0 Å². The number of anilines is 1. The Hall–Kier alpha value is -1.71. The number of amides is 1. The summed E-state index contributed by atoms with van der Waals surface area (Å²) in [5.74, 6) is 3.10. The third-order valence-corrected chi connectivity index (χ3v) is 4.70. The van der Waals surface area contributed by atoms with Crippen LogP contribution in [-0.4, -0.2) is 19.1 Å². The normalized spacial score (nSPS) is 27.5. The van der Waals surface area contributed by atoms with Gasteiger partial charge in [0.2, 0.25) is 0 Å². The molecule has 1 amide bonds. The van der Waals surface area contributed by atoms with Gasteiger partial charge in [0.05, 0.1) is 0 Å². The molecule has 3 atom stereocenters. The zero-order valence-corrected chi connectivity index (χ0v) is 11.7. The van der Waals surface area contributed by atoms with Gasteiger partial charge in [-0.3, -0.25) is 4.79 Å². The average Bonchev–Trinajstić information content (AvgIpc) is 3.07. The van der Waals surface area contributed by atoms with Crippen molar-refractivity contribution in [3.05, 3.63) is 24.3 Å². The summed E-state index contributed by atoms with van der Waals surface area (Å²) >= 11 is 0. The van der Waals surface area contributed by atoms with E-state index in [0.29, 0.717) is 17.4 Å². The monoisotopic (exact) mass is 274 g/mol. The van der Waals surface area contributed by atoms with Crippen LogP contribution in [0.25, 0.3) is 0 Å². The Kier molecular flexibility index (Phi) is 3.81. The molecule has 3 rings (SSSR count). The summed E-state index contributed by atoms with van der Waals surface area (Å²) in [6.45, 7) is 0.885. The number of hydrogen-bond acceptors (Lipinski definition) is 3. The van der Waals surface area contributed by atoms with E-state index in [1.165, 1.54) is 25.7 Å². The molecular formula is C16H22N2O2. The van der Waals surface area contributed by atoms with Crippen molar-refractivity contribution in [1.29, 1.82) is 0 Å². The highest BCUT2D eigenvalue weighted by Crippen LogP contribution is 2.47. The molecule has 0 radical (unpaired) electrons. The number of carbonyl (C=O) groups is 1. The molecule has 4 heteroatoms. The molecule has 20 heavy (non-hydrogen) atoms. The number of fused-ring (bicyclic) bond motifs is 2. The van der Waals surface area contributed by atoms with Crippen LogP contribution in [0.3, 0.4) is 0 Å². The number of nitrogens with one attached hydrogen (secondary N) is 1. The Morgan fingerprint density at radius 3 is 2.70 bits per heavy atom. The lowest BCUT2D eigenvalue weighted by Gasteiger charge is -2.21. The summed E-state index contributed by atoms with van der Waals surface area (Å²) in [4.78, 5) is 11.8. The highest BCUT2D eigenvalue weighted by Gasteiger charge is 2.39. The molecule has 3 unspecified atom stereocenters. The van der Waals surface area contributed by atoms with Gasteiger partial charge in [-0.1, -0.05) is 6.42 Å². The van der Waals surface area contributed by atoms with Gasteiger partial charge in [-0.15, -0.1) is 0 Å². The zero-order valence-electron chi connectivity index (χ0n) is 11.7. The fourth-order valence-corrected chi connectivity index (χ4v) is 3.64. The van der Waals surface area contributed by atoms with Crippen LogP contribution in [0.1, 0.15) is 25.7 Å². The number of nitrogen functional groups attached to an aromatic ring is 1. The van der Waals surface area contributed by atoms with E-state index in [9.17, 15) is 4.79 Å². The first-order valence-corrected chi connectivity index (χ1v) is 7.46. The Labute approximate surface area is 119 Å². The lowest BCUT2D eigenvalue weighted by atomic mass is 9.89. The van der Waals surface area contributed by atoms with Crippen LogP contribution in [0.5, 0.6) is 5.75 Å². The van der Waals surface area contributed by atoms with E-state index in [-0.39, 0.29) is 12.5 Å². The summed E-state index contributed by atoms with van der Waals surface area (Å²) in [6.07, 6.45) is 5.43. The van der Waals surface area contributed by atoms with Gasteiger partial charge in [0.1, 0.15) is 5.75 Å². The van der Waals surface area contributed by atoms with Gasteiger partial charge in [-0.05, 0) is 61.3 Å². The van der Waals surface area contributed by atoms with Crippen LogP contribution in [0.2, 0.25) is 0 Å². The number of hydrogen-bond donors (Lipinski definition) is 2. The molecule has 1 aromatic rings. The van der Waals surface area contributed by atoms with Gasteiger partial charge in [0.15, 0.2) is 6.61 Å². The molecule has 2 bridgehead atoms. The lowest BCUT2D eigenvalue weighted by Crippen LogP contribution is -2.34. The van der Waals surface area contributed by atoms with Crippen molar-refractivity contribution < 1.29 is 9.53 Å². The van der Waals surface area contributed by atoms with Gasteiger partial charge in [-0.25, -0.2) is 0 Å². The maximum atomic E-state index is 11.8. The molecule has 108 valence electrons. The van der Waals surface area contributed by atoms with Gasteiger partial charge in [-0.2, -0.15) is 0 Å². The van der Waals surface area contributed by atoms with Gasteiger partial charge in [0.25, 0.3) is 5.91 Å². The fourth-order valence-electron chi connectivity index (χ4n) is 3.64. The first kappa shape index (κ1) is 13.3. The number of rotatable bonds is 5. The molecule has 2 saturated carbocycles. The predicted molar refractivity (Wildman–Crippen MR) is 78.3 cm³/mol. The molecular weight excluding hydrogens is 252 g/mol. The largest absolute Gasteiger partial charge is 0.484 e. The molecule has 4 nitrogen and oxygen atoms in total. The van der Waals surface area contributed by atoms with Crippen LogP contribution < -0.4 is 15.8 Å². The number of carbonyl (C=O) groups excluding carboxylic acids is 1. The maximum Gasteiger partial charge on any atom is 0.257 e. The second-order valence-corrected chi connectivity index (χ2v) is 6.10. The minimum Gasteiger partial charge on any atom is -0.484 e. The second kappa shape index (κ2) is 5.73. The van der Waals surface area contributed by atoms with Crippen LogP contribution in [-0.2, 0) is 4.79 Å². The zero-order chi connectivity index (χ0) is 13.9. The standard InChI is InChI=1S/C16H22N2O2/c17-14-3-5-15(6-4-14)20-10-16(19)18-9-13-8-11-1-2-12(13)7-11/h3-6,11-13H,1-2,7-10,17H2,(H,18,19). The highest BCUT2D eigenvalue weighted by atomic mass is 16.5. The second-order valence-electron chi connectivity index (χ2n) is 6.10. The Morgan fingerprint density at radius 1 is 1.25 bits per heavy atom. The van der Waals surface area contributed by atoms with E-state index < -0.39 is 0 Å². The summed E-state index contributed by atoms with van der Waals surface area (Å²) in [6, 6.07) is 7.09. The van der Waals surface area contributed by atoms with Crippen molar-refractivity contribution in [2.75, 3.05) is 18.9 Å². The number of benzene rings is 1. The summed E-state index contributed by atoms with van der Waals surface area (Å²) in [7, 11) is 0. The highest BCUT2D eigenvalue weighted by molar-refractivity contribution is 5.77. The fraction of sp³-hybridized carbons (Fsp3) is 0.562. The summed E-state index contributed by atoms with van der Waals surface area (Å²) in [5, 5.41) is 3.00. The van der Waals surface area contributed by atoms with Crippen molar-refractivity contribution in [2.45, 2.75) is 25.7 Å². The topological polar surface area (TPSA) is 64.3 Å². The van der Waals surface area contributed by atoms with Crippen molar-refractivity contribution >= 4 is 11.6 Å². The first-order valence-electron chi connectivity index (χ1n) is 7.46. The molecule has 0 heterocycles. The maximum absolute atomic E-state index is 11.8. The number of nitrogens with two attached hydrogens (primary N) is 1. The molecule has 2 fully saturated rings. The van der Waals surface area contributed by atoms with Crippen molar-refractivity contribution in [1.82, 2.24) is 5.32 Å². The average molecular weight is 274 g/mol. The molecule has 0 aliphatic heterocycles. The van der Waals surface area contributed by atoms with E-state index in [1.807, 2.05) is 0 Å². The lowest BCUT2D eigenvalue weighted by molar-refractivity contribution is -0.123. The molecule has 0 saturated heterocycles. The van der Waals surface area contributed by atoms with E-state index in [0.717, 1.165) is 18.4 Å². The van der Waals surface area contributed by atoms with Crippen molar-refractivity contribution in [2.24, 2.45) is 17.8 Å². The van der Waals surface area contributed by atoms with Gasteiger partial charge < -0.3 is 15.8 Å². The van der Waals surface area contributed by atoms with E-state index in [4.69, 9.17) is 10.5 Å². The molecule has 2 aliphatic rings. The first-order chi connectivity index (χ1) is 9.70. The minimum absolute atomic E-state index is 0.0374. The van der Waals surface area contributed by atoms with Crippen molar-refractivity contribution in [3.8, 4) is 5.75 Å². The van der Waals surface area contributed by atoms with Gasteiger partial charge in [0, 0.05) is 12.2 Å². The summed E-state index contributed by atoms with van der Waals surface area (Å²) in [5.41, 5.74) is 6.29. The minimum atomic E-state index is -0.0374. The third-order valence-electron chi connectivity index (χ3n) is 4.70.